The zero-order valence-corrected chi connectivity index (χ0v) is 14.7. The Morgan fingerprint density at radius 2 is 1.93 bits per heavy atom. The van der Waals surface area contributed by atoms with Crippen LogP contribution >= 0.6 is 0 Å². The van der Waals surface area contributed by atoms with Crippen molar-refractivity contribution in [3.63, 3.8) is 0 Å². The summed E-state index contributed by atoms with van der Waals surface area (Å²) in [5, 5.41) is 9.30. The number of carbonyl (C=O) groups is 2. The molecule has 1 aliphatic rings. The number of halogens is 3. The number of anilines is 1. The summed E-state index contributed by atoms with van der Waals surface area (Å²) in [4.78, 5) is 29.6. The van der Waals surface area contributed by atoms with Crippen molar-refractivity contribution in [2.45, 2.75) is 31.4 Å². The van der Waals surface area contributed by atoms with Gasteiger partial charge in [-0.25, -0.2) is 0 Å². The highest BCUT2D eigenvalue weighted by molar-refractivity contribution is 5.95. The number of Topliss-reactive ketones (excluding diaryl/α,β-unsaturated/α-hetero) is 1. The van der Waals surface area contributed by atoms with Crippen LogP contribution < -0.4 is 4.90 Å². The van der Waals surface area contributed by atoms with Gasteiger partial charge < -0.3 is 4.90 Å². The fraction of sp³-hybridized carbons (Fsp3) is 0.300. The molecule has 1 aliphatic heterocycles. The Morgan fingerprint density at radius 1 is 1.21 bits per heavy atom. The van der Waals surface area contributed by atoms with E-state index in [0.717, 1.165) is 24.2 Å². The van der Waals surface area contributed by atoms with Gasteiger partial charge in [0.15, 0.2) is 5.78 Å². The molecule has 144 valence electrons. The minimum atomic E-state index is -4.53. The highest BCUT2D eigenvalue weighted by Gasteiger charge is 2.31. The van der Waals surface area contributed by atoms with Crippen molar-refractivity contribution in [2.75, 3.05) is 11.4 Å². The molecule has 1 fully saturated rings. The van der Waals surface area contributed by atoms with Crippen LogP contribution in [0.15, 0.2) is 42.6 Å². The monoisotopic (exact) mass is 387 g/mol. The number of benzene rings is 1. The summed E-state index contributed by atoms with van der Waals surface area (Å²) in [6.45, 7) is 0.660. The van der Waals surface area contributed by atoms with Crippen molar-refractivity contribution in [2.24, 2.45) is 0 Å². The lowest BCUT2D eigenvalue weighted by Gasteiger charge is -2.16. The smallest absolute Gasteiger partial charge is 0.312 e. The van der Waals surface area contributed by atoms with Gasteiger partial charge in [0.05, 0.1) is 17.3 Å². The van der Waals surface area contributed by atoms with Crippen LogP contribution in [0.1, 0.15) is 35.6 Å². The Morgan fingerprint density at radius 3 is 2.43 bits per heavy atom. The molecule has 8 heteroatoms. The normalized spacial score (nSPS) is 15.4. The molecular weight excluding hydrogens is 371 g/mol. The second-order valence-corrected chi connectivity index (χ2v) is 6.49. The van der Waals surface area contributed by atoms with E-state index >= 15 is 0 Å². The standard InChI is InChI=1S/C20H16F3N3O2/c21-20(22,23)14-5-8-17(25-12-14)16(11-24)18(27)10-13-3-6-15(7-4-13)26-9-1-2-19(26)28/h3-8,12,16H,1-2,9-10H2. The van der Waals surface area contributed by atoms with E-state index in [4.69, 9.17) is 0 Å². The average molecular weight is 387 g/mol. The molecule has 0 N–H and O–H groups in total. The van der Waals surface area contributed by atoms with Crippen LogP contribution in [0.25, 0.3) is 0 Å². The van der Waals surface area contributed by atoms with Crippen LogP contribution in [0, 0.1) is 11.3 Å². The number of ketones is 1. The summed E-state index contributed by atoms with van der Waals surface area (Å²) in [5.74, 6) is -1.65. The van der Waals surface area contributed by atoms with Gasteiger partial charge in [-0.3, -0.25) is 14.6 Å². The molecule has 1 amide bonds. The highest BCUT2D eigenvalue weighted by Crippen LogP contribution is 2.29. The van der Waals surface area contributed by atoms with Gasteiger partial charge in [-0.1, -0.05) is 12.1 Å². The summed E-state index contributed by atoms with van der Waals surface area (Å²) in [6, 6.07) is 10.6. The molecule has 0 radical (unpaired) electrons. The quantitative estimate of drug-likeness (QED) is 0.785. The number of nitriles is 1. The van der Waals surface area contributed by atoms with Gasteiger partial charge in [0, 0.05) is 31.3 Å². The summed E-state index contributed by atoms with van der Waals surface area (Å²) in [6.07, 6.45) is -2.65. The van der Waals surface area contributed by atoms with Gasteiger partial charge in [-0.2, -0.15) is 18.4 Å². The SMILES string of the molecule is N#CC(C(=O)Cc1ccc(N2CCCC2=O)cc1)c1ccc(C(F)(F)F)cn1. The number of aromatic nitrogens is 1. The first-order chi connectivity index (χ1) is 13.3. The molecule has 1 aromatic carbocycles. The van der Waals surface area contributed by atoms with Crippen molar-refractivity contribution in [1.82, 2.24) is 4.98 Å². The van der Waals surface area contributed by atoms with Crippen LogP contribution in [0.5, 0.6) is 0 Å². The Hall–Kier alpha value is -3.21. The molecule has 0 aliphatic carbocycles. The van der Waals surface area contributed by atoms with E-state index in [9.17, 15) is 28.0 Å². The van der Waals surface area contributed by atoms with Crippen molar-refractivity contribution in [3.05, 3.63) is 59.4 Å². The Labute approximate surface area is 159 Å². The van der Waals surface area contributed by atoms with Gasteiger partial charge >= 0.3 is 6.18 Å². The molecule has 5 nitrogen and oxygen atoms in total. The van der Waals surface area contributed by atoms with Crippen LogP contribution in [-0.2, 0) is 22.2 Å². The van der Waals surface area contributed by atoms with Gasteiger partial charge in [-0.05, 0) is 36.2 Å². The molecule has 0 saturated carbocycles. The molecule has 0 bridgehead atoms. The van der Waals surface area contributed by atoms with Crippen molar-refractivity contribution in [3.8, 4) is 6.07 Å². The van der Waals surface area contributed by atoms with E-state index in [0.29, 0.717) is 24.7 Å². The maximum Gasteiger partial charge on any atom is 0.417 e. The maximum absolute atomic E-state index is 12.6. The first-order valence-electron chi connectivity index (χ1n) is 8.64. The fourth-order valence-corrected chi connectivity index (χ4v) is 3.06. The number of nitrogens with zero attached hydrogens (tertiary/aromatic N) is 3. The summed E-state index contributed by atoms with van der Waals surface area (Å²) >= 11 is 0. The fourth-order valence-electron chi connectivity index (χ4n) is 3.06. The van der Waals surface area contributed by atoms with Gasteiger partial charge in [0.25, 0.3) is 0 Å². The zero-order valence-electron chi connectivity index (χ0n) is 14.7. The summed E-state index contributed by atoms with van der Waals surface area (Å²) in [5.41, 5.74) is 0.444. The van der Waals surface area contributed by atoms with Crippen molar-refractivity contribution in [1.29, 1.82) is 5.26 Å². The average Bonchev–Trinajstić information content (AvgIpc) is 3.09. The second kappa shape index (κ2) is 7.80. The number of pyridine rings is 1. The maximum atomic E-state index is 12.6. The highest BCUT2D eigenvalue weighted by atomic mass is 19.4. The Kier molecular flexibility index (Phi) is 5.45. The van der Waals surface area contributed by atoms with Gasteiger partial charge in [0.1, 0.15) is 5.92 Å². The first kappa shape index (κ1) is 19.5. The predicted octanol–water partition coefficient (Wildman–Crippen LogP) is 3.65. The molecule has 1 atom stereocenters. The topological polar surface area (TPSA) is 74.1 Å². The molecule has 3 rings (SSSR count). The van der Waals surface area contributed by atoms with Gasteiger partial charge in [-0.15, -0.1) is 0 Å². The van der Waals surface area contributed by atoms with Crippen molar-refractivity contribution < 1.29 is 22.8 Å². The predicted molar refractivity (Wildman–Crippen MR) is 94.3 cm³/mol. The number of hydrogen-bond acceptors (Lipinski definition) is 4. The van der Waals surface area contributed by atoms with Crippen LogP contribution in [0.3, 0.4) is 0 Å². The molecule has 1 saturated heterocycles. The molecule has 2 aromatic rings. The Balaban J connectivity index is 1.70. The number of alkyl halides is 3. The molecule has 0 spiro atoms. The van der Waals surface area contributed by atoms with E-state index in [-0.39, 0.29) is 18.0 Å². The summed E-state index contributed by atoms with van der Waals surface area (Å²) < 4.78 is 37.9. The first-order valence-corrected chi connectivity index (χ1v) is 8.64. The van der Waals surface area contributed by atoms with E-state index in [1.807, 2.05) is 6.07 Å². The van der Waals surface area contributed by atoms with Crippen LogP contribution in [-0.4, -0.2) is 23.2 Å². The van der Waals surface area contributed by atoms with Crippen LogP contribution in [0.4, 0.5) is 18.9 Å². The van der Waals surface area contributed by atoms with E-state index in [1.54, 1.807) is 29.2 Å². The molecule has 2 heterocycles. The largest absolute Gasteiger partial charge is 0.417 e. The number of hydrogen-bond donors (Lipinski definition) is 0. The zero-order chi connectivity index (χ0) is 20.3. The Bertz CT molecular complexity index is 916. The molecular formula is C20H16F3N3O2. The molecule has 1 aromatic heterocycles. The van der Waals surface area contributed by atoms with E-state index in [2.05, 4.69) is 4.98 Å². The lowest BCUT2D eigenvalue weighted by Crippen LogP contribution is -2.23. The van der Waals surface area contributed by atoms with Gasteiger partial charge in [0.2, 0.25) is 5.91 Å². The minimum absolute atomic E-state index is 0.0141. The summed E-state index contributed by atoms with van der Waals surface area (Å²) in [7, 11) is 0. The van der Waals surface area contributed by atoms with E-state index in [1.165, 1.54) is 0 Å². The van der Waals surface area contributed by atoms with Crippen LogP contribution in [0.2, 0.25) is 0 Å². The third kappa shape index (κ3) is 4.19. The third-order valence-corrected chi connectivity index (χ3v) is 4.56. The lowest BCUT2D eigenvalue weighted by atomic mass is 9.95. The number of rotatable bonds is 5. The number of carbonyl (C=O) groups excluding carboxylic acids is 2. The molecule has 28 heavy (non-hydrogen) atoms. The lowest BCUT2D eigenvalue weighted by molar-refractivity contribution is -0.137. The van der Waals surface area contributed by atoms with Crippen molar-refractivity contribution >= 4 is 17.4 Å². The van der Waals surface area contributed by atoms with E-state index < -0.39 is 23.4 Å². The number of amides is 1. The minimum Gasteiger partial charge on any atom is -0.312 e. The molecule has 1 unspecified atom stereocenters. The third-order valence-electron chi connectivity index (χ3n) is 4.56. The second-order valence-electron chi connectivity index (χ2n) is 6.49.